The van der Waals surface area contributed by atoms with E-state index in [-0.39, 0.29) is 0 Å². The van der Waals surface area contributed by atoms with Gasteiger partial charge in [-0.05, 0) is 54.7 Å². The summed E-state index contributed by atoms with van der Waals surface area (Å²) in [4.78, 5) is 0. The van der Waals surface area contributed by atoms with E-state index < -0.39 is 0 Å². The normalized spacial score (nSPS) is 11.1. The molecule has 0 amide bonds. The number of anilines is 2. The van der Waals surface area contributed by atoms with Gasteiger partial charge in [0.15, 0.2) is 0 Å². The Labute approximate surface area is 227 Å². The first-order valence-corrected chi connectivity index (χ1v) is 15.2. The highest BCUT2D eigenvalue weighted by molar-refractivity contribution is 5.56. The Morgan fingerprint density at radius 2 is 0.838 bits per heavy atom. The Morgan fingerprint density at radius 3 is 1.22 bits per heavy atom. The van der Waals surface area contributed by atoms with Crippen molar-refractivity contribution >= 4 is 11.4 Å². The Bertz CT molecular complexity index is 783. The number of nitrogen functional groups attached to an aromatic ring is 2. The Balaban J connectivity index is 1.73. The molecule has 0 aliphatic rings. The van der Waals surface area contributed by atoms with Crippen molar-refractivity contribution in [3.05, 3.63) is 47.5 Å². The maximum Gasteiger partial charge on any atom is 0.142 e. The molecule has 0 spiro atoms. The lowest BCUT2D eigenvalue weighted by Gasteiger charge is -2.13. The van der Waals surface area contributed by atoms with Gasteiger partial charge in [-0.1, -0.05) is 116 Å². The summed E-state index contributed by atoms with van der Waals surface area (Å²) < 4.78 is 12.1. The third-order valence-electron chi connectivity index (χ3n) is 7.08. The molecule has 0 heterocycles. The predicted molar refractivity (Wildman–Crippen MR) is 161 cm³/mol. The molecule has 0 aromatic heterocycles. The van der Waals surface area contributed by atoms with Crippen molar-refractivity contribution in [1.29, 1.82) is 0 Å². The molecule has 2 aromatic rings. The number of hydrogen-bond donors (Lipinski definition) is 2. The predicted octanol–water partition coefficient (Wildman–Crippen LogP) is 9.48. The lowest BCUT2D eigenvalue weighted by molar-refractivity contribution is 0.305. The fourth-order valence-corrected chi connectivity index (χ4v) is 4.70. The molecule has 0 aliphatic carbocycles. The number of hydrogen-bond acceptors (Lipinski definition) is 4. The lowest BCUT2D eigenvalue weighted by atomic mass is 10.0. The second-order valence-electron chi connectivity index (χ2n) is 10.6. The van der Waals surface area contributed by atoms with Crippen LogP contribution in [0.15, 0.2) is 36.4 Å². The van der Waals surface area contributed by atoms with E-state index in [4.69, 9.17) is 20.9 Å². The average Bonchev–Trinajstić information content (AvgIpc) is 2.90. The quantitative estimate of drug-likeness (QED) is 0.122. The SMILES string of the molecule is CCCCCCCCCCOc1cc(Cc2ccc(N)c(OCCCCCCCCCC)c2)ccc1N. The summed E-state index contributed by atoms with van der Waals surface area (Å²) in [7, 11) is 0. The summed E-state index contributed by atoms with van der Waals surface area (Å²) in [5.74, 6) is 1.59. The van der Waals surface area contributed by atoms with Gasteiger partial charge < -0.3 is 20.9 Å². The minimum absolute atomic E-state index is 0.704. The summed E-state index contributed by atoms with van der Waals surface area (Å²) in [6.07, 6.45) is 21.5. The van der Waals surface area contributed by atoms with Crippen LogP contribution in [0.4, 0.5) is 11.4 Å². The summed E-state index contributed by atoms with van der Waals surface area (Å²) in [5.41, 5.74) is 16.2. The van der Waals surface area contributed by atoms with Gasteiger partial charge >= 0.3 is 0 Å². The van der Waals surface area contributed by atoms with Gasteiger partial charge in [0, 0.05) is 0 Å². The number of ether oxygens (including phenoxy) is 2. The van der Waals surface area contributed by atoms with Crippen molar-refractivity contribution in [2.75, 3.05) is 24.7 Å². The zero-order chi connectivity index (χ0) is 26.6. The molecule has 0 aliphatic heterocycles. The van der Waals surface area contributed by atoms with Crippen LogP contribution in [0.25, 0.3) is 0 Å². The van der Waals surface area contributed by atoms with E-state index in [1.54, 1.807) is 0 Å². The molecule has 2 rings (SSSR count). The largest absolute Gasteiger partial charge is 0.491 e. The fourth-order valence-electron chi connectivity index (χ4n) is 4.70. The average molecular weight is 511 g/mol. The van der Waals surface area contributed by atoms with Crippen molar-refractivity contribution < 1.29 is 9.47 Å². The Hall–Kier alpha value is -2.36. The number of benzene rings is 2. The second-order valence-corrected chi connectivity index (χ2v) is 10.6. The van der Waals surface area contributed by atoms with Gasteiger partial charge in [0.25, 0.3) is 0 Å². The van der Waals surface area contributed by atoms with E-state index in [0.29, 0.717) is 11.4 Å². The monoisotopic (exact) mass is 510 g/mol. The zero-order valence-electron chi connectivity index (χ0n) is 23.9. The molecular formula is C33H54N2O2. The van der Waals surface area contributed by atoms with Crippen LogP contribution >= 0.6 is 0 Å². The molecule has 4 heteroatoms. The standard InChI is InChI=1S/C33H54N2O2/c1-3-5-7-9-11-13-15-17-23-36-32-26-28(19-21-30(32)34)25-29-20-22-31(35)33(27-29)37-24-18-16-14-12-10-8-6-4-2/h19-22,26-27H,3-18,23-25,34-35H2,1-2H3. The number of unbranched alkanes of at least 4 members (excludes halogenated alkanes) is 14. The van der Waals surface area contributed by atoms with E-state index >= 15 is 0 Å². The first-order chi connectivity index (χ1) is 18.1. The highest BCUT2D eigenvalue weighted by Crippen LogP contribution is 2.28. The minimum atomic E-state index is 0.704. The van der Waals surface area contributed by atoms with Crippen molar-refractivity contribution in [2.45, 2.75) is 123 Å². The molecule has 2 aromatic carbocycles. The highest BCUT2D eigenvalue weighted by Gasteiger charge is 2.07. The van der Waals surface area contributed by atoms with Gasteiger partial charge in [0.1, 0.15) is 11.5 Å². The third kappa shape index (κ3) is 13.7. The first-order valence-electron chi connectivity index (χ1n) is 15.2. The molecular weight excluding hydrogens is 456 g/mol. The topological polar surface area (TPSA) is 70.5 Å². The van der Waals surface area contributed by atoms with Crippen LogP contribution in [-0.2, 0) is 6.42 Å². The van der Waals surface area contributed by atoms with Crippen LogP contribution in [0, 0.1) is 0 Å². The summed E-state index contributed by atoms with van der Waals surface area (Å²) in [6, 6.07) is 12.2. The maximum absolute atomic E-state index is 6.19. The van der Waals surface area contributed by atoms with E-state index in [2.05, 4.69) is 38.1 Å². The molecule has 4 N–H and O–H groups in total. The summed E-state index contributed by atoms with van der Waals surface area (Å²) in [6.45, 7) is 5.97. The van der Waals surface area contributed by atoms with Crippen LogP contribution < -0.4 is 20.9 Å². The zero-order valence-corrected chi connectivity index (χ0v) is 23.9. The van der Waals surface area contributed by atoms with Gasteiger partial charge in [-0.3, -0.25) is 0 Å². The van der Waals surface area contributed by atoms with E-state index in [0.717, 1.165) is 44.0 Å². The molecule has 4 nitrogen and oxygen atoms in total. The molecule has 0 bridgehead atoms. The van der Waals surface area contributed by atoms with Crippen LogP contribution in [0.5, 0.6) is 11.5 Å². The van der Waals surface area contributed by atoms with Crippen LogP contribution in [0.1, 0.15) is 128 Å². The number of nitrogens with two attached hydrogens (primary N) is 2. The van der Waals surface area contributed by atoms with Crippen molar-refractivity contribution in [3.8, 4) is 11.5 Å². The van der Waals surface area contributed by atoms with Crippen LogP contribution in [-0.4, -0.2) is 13.2 Å². The van der Waals surface area contributed by atoms with E-state index in [9.17, 15) is 0 Å². The molecule has 0 atom stereocenters. The van der Waals surface area contributed by atoms with Gasteiger partial charge in [-0.2, -0.15) is 0 Å². The molecule has 0 unspecified atom stereocenters. The minimum Gasteiger partial charge on any atom is -0.491 e. The van der Waals surface area contributed by atoms with Gasteiger partial charge in [0.2, 0.25) is 0 Å². The molecule has 0 radical (unpaired) electrons. The van der Waals surface area contributed by atoms with Gasteiger partial charge in [-0.15, -0.1) is 0 Å². The van der Waals surface area contributed by atoms with Crippen LogP contribution in [0.3, 0.4) is 0 Å². The summed E-state index contributed by atoms with van der Waals surface area (Å²) >= 11 is 0. The first kappa shape index (κ1) is 30.9. The molecule has 37 heavy (non-hydrogen) atoms. The molecule has 208 valence electrons. The van der Waals surface area contributed by atoms with Crippen LogP contribution in [0.2, 0.25) is 0 Å². The fraction of sp³-hybridized carbons (Fsp3) is 0.636. The van der Waals surface area contributed by atoms with Crippen molar-refractivity contribution in [2.24, 2.45) is 0 Å². The van der Waals surface area contributed by atoms with Crippen molar-refractivity contribution in [3.63, 3.8) is 0 Å². The van der Waals surface area contributed by atoms with Gasteiger partial charge in [-0.25, -0.2) is 0 Å². The van der Waals surface area contributed by atoms with E-state index in [1.807, 2.05) is 12.1 Å². The second kappa shape index (κ2) is 19.7. The van der Waals surface area contributed by atoms with Crippen molar-refractivity contribution in [1.82, 2.24) is 0 Å². The third-order valence-corrected chi connectivity index (χ3v) is 7.08. The maximum atomic E-state index is 6.19. The number of rotatable bonds is 22. The summed E-state index contributed by atoms with van der Waals surface area (Å²) in [5, 5.41) is 0. The van der Waals surface area contributed by atoms with Gasteiger partial charge in [0.05, 0.1) is 24.6 Å². The Morgan fingerprint density at radius 1 is 0.486 bits per heavy atom. The lowest BCUT2D eigenvalue weighted by Crippen LogP contribution is -2.03. The molecule has 0 saturated carbocycles. The highest BCUT2D eigenvalue weighted by atomic mass is 16.5. The van der Waals surface area contributed by atoms with E-state index in [1.165, 1.54) is 101 Å². The Kier molecular flexibility index (Phi) is 16.4. The smallest absolute Gasteiger partial charge is 0.142 e. The molecule has 0 fully saturated rings. The molecule has 0 saturated heterocycles.